The van der Waals surface area contributed by atoms with E-state index in [0.29, 0.717) is 11.3 Å². The number of carbonyl (C=O) groups excluding carboxylic acids is 2. The van der Waals surface area contributed by atoms with Gasteiger partial charge in [0.15, 0.2) is 0 Å². The quantitative estimate of drug-likeness (QED) is 0.639. The van der Waals surface area contributed by atoms with E-state index < -0.39 is 12.0 Å². The van der Waals surface area contributed by atoms with Crippen LogP contribution in [-0.4, -0.2) is 35.1 Å². The third-order valence-electron chi connectivity index (χ3n) is 3.15. The van der Waals surface area contributed by atoms with Crippen molar-refractivity contribution in [2.24, 2.45) is 0 Å². The minimum atomic E-state index is -0.972. The average Bonchev–Trinajstić information content (AvgIpc) is 3.21. The van der Waals surface area contributed by atoms with Crippen LogP contribution in [0.2, 0.25) is 0 Å². The van der Waals surface area contributed by atoms with E-state index in [-0.39, 0.29) is 24.4 Å². The molecular weight excluding hydrogens is 286 g/mol. The largest absolute Gasteiger partial charge is 0.481 e. The van der Waals surface area contributed by atoms with Crippen LogP contribution in [0.15, 0.2) is 24.3 Å². The fraction of sp³-hybridized carbons (Fsp3) is 0.400. The van der Waals surface area contributed by atoms with Gasteiger partial charge in [-0.15, -0.1) is 0 Å². The van der Waals surface area contributed by atoms with Crippen molar-refractivity contribution in [2.45, 2.75) is 38.3 Å². The second kappa shape index (κ2) is 6.93. The number of carboxylic acids is 1. The molecule has 7 nitrogen and oxygen atoms in total. The summed E-state index contributed by atoms with van der Waals surface area (Å²) in [7, 11) is 0. The van der Waals surface area contributed by atoms with Crippen molar-refractivity contribution in [3.05, 3.63) is 29.8 Å². The number of nitrogens with one attached hydrogen (secondary N) is 3. The zero-order chi connectivity index (χ0) is 16.1. The lowest BCUT2D eigenvalue weighted by Gasteiger charge is -2.12. The zero-order valence-corrected chi connectivity index (χ0v) is 12.3. The van der Waals surface area contributed by atoms with Crippen molar-refractivity contribution in [3.63, 3.8) is 0 Å². The van der Waals surface area contributed by atoms with Crippen molar-refractivity contribution in [1.82, 2.24) is 10.6 Å². The standard InChI is InChI=1S/C15H19N3O4/c1-9(7-13(19)20)16-14(21)10-3-2-4-12(8-10)18-15(22)17-11-5-6-11/h2-4,8-9,11H,5-7H2,1H3,(H,16,21)(H,19,20)(H2,17,18,22). The first-order valence-corrected chi connectivity index (χ1v) is 7.14. The van der Waals surface area contributed by atoms with Crippen molar-refractivity contribution < 1.29 is 19.5 Å². The molecule has 0 aliphatic heterocycles. The van der Waals surface area contributed by atoms with Crippen LogP contribution in [0.4, 0.5) is 10.5 Å². The molecule has 1 aromatic rings. The molecule has 1 aliphatic rings. The Morgan fingerprint density at radius 2 is 2.05 bits per heavy atom. The monoisotopic (exact) mass is 305 g/mol. The van der Waals surface area contributed by atoms with Gasteiger partial charge in [0.1, 0.15) is 0 Å². The molecule has 7 heteroatoms. The van der Waals surface area contributed by atoms with E-state index in [1.165, 1.54) is 0 Å². The SMILES string of the molecule is CC(CC(=O)O)NC(=O)c1cccc(NC(=O)NC2CC2)c1. The van der Waals surface area contributed by atoms with Gasteiger partial charge >= 0.3 is 12.0 Å². The van der Waals surface area contributed by atoms with Crippen LogP contribution in [0.1, 0.15) is 36.5 Å². The lowest BCUT2D eigenvalue weighted by Crippen LogP contribution is -2.34. The maximum absolute atomic E-state index is 12.0. The Morgan fingerprint density at radius 3 is 2.68 bits per heavy atom. The van der Waals surface area contributed by atoms with Crippen molar-refractivity contribution in [2.75, 3.05) is 5.32 Å². The van der Waals surface area contributed by atoms with E-state index in [9.17, 15) is 14.4 Å². The number of hydrogen-bond donors (Lipinski definition) is 4. The second-order valence-electron chi connectivity index (χ2n) is 5.43. The second-order valence-corrected chi connectivity index (χ2v) is 5.43. The first-order chi connectivity index (χ1) is 10.4. The molecule has 1 saturated carbocycles. The van der Waals surface area contributed by atoms with E-state index in [0.717, 1.165) is 12.8 Å². The summed E-state index contributed by atoms with van der Waals surface area (Å²) >= 11 is 0. The number of hydrogen-bond acceptors (Lipinski definition) is 3. The Hall–Kier alpha value is -2.57. The van der Waals surface area contributed by atoms with Crippen LogP contribution in [0.25, 0.3) is 0 Å². The Bertz CT molecular complexity index is 584. The predicted octanol–water partition coefficient (Wildman–Crippen LogP) is 1.56. The Morgan fingerprint density at radius 1 is 1.32 bits per heavy atom. The molecule has 4 N–H and O–H groups in total. The number of amides is 3. The van der Waals surface area contributed by atoms with Crippen LogP contribution < -0.4 is 16.0 Å². The summed E-state index contributed by atoms with van der Waals surface area (Å²) in [6.07, 6.45) is 1.85. The predicted molar refractivity (Wildman–Crippen MR) is 80.8 cm³/mol. The zero-order valence-electron chi connectivity index (χ0n) is 12.3. The van der Waals surface area contributed by atoms with E-state index in [4.69, 9.17) is 5.11 Å². The molecule has 0 bridgehead atoms. The number of carbonyl (C=O) groups is 3. The summed E-state index contributed by atoms with van der Waals surface area (Å²) in [5.74, 6) is -1.35. The Labute approximate surface area is 128 Å². The molecule has 0 aromatic heterocycles. The van der Waals surface area contributed by atoms with Gasteiger partial charge in [-0.1, -0.05) is 6.07 Å². The molecule has 0 heterocycles. The third-order valence-corrected chi connectivity index (χ3v) is 3.15. The summed E-state index contributed by atoms with van der Waals surface area (Å²) in [5.41, 5.74) is 0.873. The van der Waals surface area contributed by atoms with Crippen LogP contribution in [-0.2, 0) is 4.79 Å². The number of rotatable bonds is 6. The molecule has 2 rings (SSSR count). The van der Waals surface area contributed by atoms with E-state index >= 15 is 0 Å². The molecule has 1 fully saturated rings. The van der Waals surface area contributed by atoms with Gasteiger partial charge in [-0.2, -0.15) is 0 Å². The van der Waals surface area contributed by atoms with Crippen molar-refractivity contribution >= 4 is 23.6 Å². The van der Waals surface area contributed by atoms with Gasteiger partial charge in [-0.25, -0.2) is 4.79 Å². The number of urea groups is 1. The van der Waals surface area contributed by atoms with E-state index in [2.05, 4.69) is 16.0 Å². The van der Waals surface area contributed by atoms with Crippen LogP contribution in [0.5, 0.6) is 0 Å². The number of aliphatic carboxylic acids is 1. The molecule has 1 aromatic carbocycles. The molecule has 118 valence electrons. The number of carboxylic acid groups (broad SMARTS) is 1. The van der Waals surface area contributed by atoms with Gasteiger partial charge in [0.25, 0.3) is 5.91 Å². The number of anilines is 1. The van der Waals surface area contributed by atoms with E-state index in [1.807, 2.05) is 0 Å². The summed E-state index contributed by atoms with van der Waals surface area (Å²) in [6.45, 7) is 1.62. The molecule has 22 heavy (non-hydrogen) atoms. The van der Waals surface area contributed by atoms with Gasteiger partial charge in [0.05, 0.1) is 6.42 Å². The maximum atomic E-state index is 12.0. The fourth-order valence-corrected chi connectivity index (χ4v) is 1.94. The molecular formula is C15H19N3O4. The normalized spacial score (nSPS) is 14.8. The van der Waals surface area contributed by atoms with Gasteiger partial charge in [-0.05, 0) is 38.0 Å². The lowest BCUT2D eigenvalue weighted by atomic mass is 10.1. The highest BCUT2D eigenvalue weighted by molar-refractivity contribution is 5.97. The molecule has 0 spiro atoms. The molecule has 1 aliphatic carbocycles. The van der Waals surface area contributed by atoms with Gasteiger partial charge in [-0.3, -0.25) is 9.59 Å². The molecule has 3 amide bonds. The van der Waals surface area contributed by atoms with Crippen molar-refractivity contribution in [3.8, 4) is 0 Å². The maximum Gasteiger partial charge on any atom is 0.319 e. The fourth-order valence-electron chi connectivity index (χ4n) is 1.94. The summed E-state index contributed by atoms with van der Waals surface area (Å²) in [6, 6.07) is 5.98. The highest BCUT2D eigenvalue weighted by atomic mass is 16.4. The van der Waals surface area contributed by atoms with Crippen LogP contribution in [0, 0.1) is 0 Å². The van der Waals surface area contributed by atoms with E-state index in [1.54, 1.807) is 31.2 Å². The number of benzene rings is 1. The first-order valence-electron chi connectivity index (χ1n) is 7.14. The summed E-state index contributed by atoms with van der Waals surface area (Å²) in [4.78, 5) is 34.3. The average molecular weight is 305 g/mol. The first kappa shape index (κ1) is 15.8. The smallest absolute Gasteiger partial charge is 0.319 e. The molecule has 0 saturated heterocycles. The highest BCUT2D eigenvalue weighted by Gasteiger charge is 2.23. The molecule has 1 unspecified atom stereocenters. The van der Waals surface area contributed by atoms with Gasteiger partial charge < -0.3 is 21.1 Å². The van der Waals surface area contributed by atoms with Crippen LogP contribution in [0.3, 0.4) is 0 Å². The molecule has 0 radical (unpaired) electrons. The Kier molecular flexibility index (Phi) is 4.98. The minimum absolute atomic E-state index is 0.145. The summed E-state index contributed by atoms with van der Waals surface area (Å²) in [5, 5.41) is 16.7. The molecule has 1 atom stereocenters. The highest BCUT2D eigenvalue weighted by Crippen LogP contribution is 2.19. The summed E-state index contributed by atoms with van der Waals surface area (Å²) < 4.78 is 0. The topological polar surface area (TPSA) is 108 Å². The van der Waals surface area contributed by atoms with Gasteiger partial charge in [0, 0.05) is 23.3 Å². The lowest BCUT2D eigenvalue weighted by molar-refractivity contribution is -0.137. The Balaban J connectivity index is 1.93. The van der Waals surface area contributed by atoms with Gasteiger partial charge in [0.2, 0.25) is 0 Å². The minimum Gasteiger partial charge on any atom is -0.481 e. The van der Waals surface area contributed by atoms with Crippen LogP contribution >= 0.6 is 0 Å². The van der Waals surface area contributed by atoms with Crippen molar-refractivity contribution in [1.29, 1.82) is 0 Å². The third kappa shape index (κ3) is 5.08.